The van der Waals surface area contributed by atoms with E-state index in [9.17, 15) is 14.7 Å². The molecule has 0 aliphatic heterocycles. The van der Waals surface area contributed by atoms with E-state index in [2.05, 4.69) is 5.32 Å². The predicted octanol–water partition coefficient (Wildman–Crippen LogP) is 0.142. The Balaban J connectivity index is 2.34. The first-order chi connectivity index (χ1) is 9.44. The standard InChI is InChI=1S/C14H22N2O4/c1-14(19,7-10-20-2)11-15-12(17)6-9-16-8-4-3-5-13(16)18/h3-5,8,19H,6-7,9-11H2,1-2H3,(H,15,17). The number of hydrogen-bond donors (Lipinski definition) is 2. The third kappa shape index (κ3) is 5.99. The number of aliphatic hydroxyl groups is 1. The van der Waals surface area contributed by atoms with Gasteiger partial charge in [0.1, 0.15) is 0 Å². The van der Waals surface area contributed by atoms with Gasteiger partial charge in [0, 0.05) is 51.9 Å². The number of amides is 1. The van der Waals surface area contributed by atoms with Crippen molar-refractivity contribution in [1.82, 2.24) is 9.88 Å². The van der Waals surface area contributed by atoms with Crippen molar-refractivity contribution in [1.29, 1.82) is 0 Å². The molecule has 2 N–H and O–H groups in total. The van der Waals surface area contributed by atoms with Crippen molar-refractivity contribution in [3.05, 3.63) is 34.7 Å². The first-order valence-corrected chi connectivity index (χ1v) is 6.58. The van der Waals surface area contributed by atoms with Crippen LogP contribution in [0.25, 0.3) is 0 Å². The van der Waals surface area contributed by atoms with Gasteiger partial charge < -0.3 is 19.7 Å². The molecule has 1 aromatic rings. The second kappa shape index (κ2) is 7.81. The normalized spacial score (nSPS) is 13.8. The molecule has 0 aliphatic rings. The number of hydrogen-bond acceptors (Lipinski definition) is 4. The zero-order valence-corrected chi connectivity index (χ0v) is 12.0. The Morgan fingerprint density at radius 1 is 1.50 bits per heavy atom. The monoisotopic (exact) mass is 282 g/mol. The van der Waals surface area contributed by atoms with Crippen molar-refractivity contribution in [2.75, 3.05) is 20.3 Å². The van der Waals surface area contributed by atoms with Gasteiger partial charge in [-0.05, 0) is 13.0 Å². The van der Waals surface area contributed by atoms with Gasteiger partial charge >= 0.3 is 0 Å². The lowest BCUT2D eigenvalue weighted by Gasteiger charge is -2.23. The summed E-state index contributed by atoms with van der Waals surface area (Å²) in [5.74, 6) is -0.196. The molecule has 6 heteroatoms. The maximum absolute atomic E-state index is 11.7. The van der Waals surface area contributed by atoms with Crippen LogP contribution >= 0.6 is 0 Å². The minimum absolute atomic E-state index is 0.132. The molecular weight excluding hydrogens is 260 g/mol. The number of ether oxygens (including phenoxy) is 1. The zero-order valence-electron chi connectivity index (χ0n) is 12.0. The average Bonchev–Trinajstić information content (AvgIpc) is 2.42. The third-order valence-electron chi connectivity index (χ3n) is 2.99. The molecule has 20 heavy (non-hydrogen) atoms. The molecule has 0 fully saturated rings. The van der Waals surface area contributed by atoms with E-state index in [1.165, 1.54) is 10.6 Å². The van der Waals surface area contributed by atoms with E-state index >= 15 is 0 Å². The summed E-state index contributed by atoms with van der Waals surface area (Å²) >= 11 is 0. The molecule has 1 atom stereocenters. The second-order valence-electron chi connectivity index (χ2n) is 5.00. The molecule has 0 aromatic carbocycles. The van der Waals surface area contributed by atoms with E-state index in [1.54, 1.807) is 32.4 Å². The first kappa shape index (κ1) is 16.4. The number of nitrogens with zero attached hydrogens (tertiary/aromatic N) is 1. The van der Waals surface area contributed by atoms with Gasteiger partial charge in [-0.2, -0.15) is 0 Å². The van der Waals surface area contributed by atoms with Crippen molar-refractivity contribution in [2.24, 2.45) is 0 Å². The van der Waals surface area contributed by atoms with Gasteiger partial charge in [-0.25, -0.2) is 0 Å². The number of aryl methyl sites for hydroxylation is 1. The summed E-state index contributed by atoms with van der Waals surface area (Å²) in [6, 6.07) is 4.86. The molecule has 1 unspecified atom stereocenters. The van der Waals surface area contributed by atoms with Gasteiger partial charge in [-0.15, -0.1) is 0 Å². The summed E-state index contributed by atoms with van der Waals surface area (Å²) in [7, 11) is 1.56. The number of rotatable bonds is 8. The SMILES string of the molecule is COCCC(C)(O)CNC(=O)CCn1ccccc1=O. The Morgan fingerprint density at radius 3 is 2.90 bits per heavy atom. The van der Waals surface area contributed by atoms with E-state index in [0.717, 1.165) is 0 Å². The summed E-state index contributed by atoms with van der Waals surface area (Å²) in [5, 5.41) is 12.6. The van der Waals surface area contributed by atoms with Crippen molar-refractivity contribution in [3.63, 3.8) is 0 Å². The maximum Gasteiger partial charge on any atom is 0.250 e. The third-order valence-corrected chi connectivity index (χ3v) is 2.99. The highest BCUT2D eigenvalue weighted by Crippen LogP contribution is 2.07. The average molecular weight is 282 g/mol. The van der Waals surface area contributed by atoms with Crippen molar-refractivity contribution in [2.45, 2.75) is 31.9 Å². The molecule has 1 amide bonds. The van der Waals surface area contributed by atoms with Crippen LogP contribution in [0.15, 0.2) is 29.2 Å². The number of carbonyl (C=O) groups excluding carboxylic acids is 1. The van der Waals surface area contributed by atoms with Crippen LogP contribution in [0.1, 0.15) is 19.8 Å². The van der Waals surface area contributed by atoms with E-state index in [4.69, 9.17) is 4.74 Å². The molecule has 0 radical (unpaired) electrons. The van der Waals surface area contributed by atoms with Crippen LogP contribution in [0.5, 0.6) is 0 Å². The molecule has 0 saturated heterocycles. The fourth-order valence-corrected chi connectivity index (χ4v) is 1.66. The Hall–Kier alpha value is -1.66. The van der Waals surface area contributed by atoms with Crippen LogP contribution < -0.4 is 10.9 Å². The lowest BCUT2D eigenvalue weighted by atomic mass is 10.0. The van der Waals surface area contributed by atoms with Crippen LogP contribution in [-0.2, 0) is 16.1 Å². The molecule has 0 aliphatic carbocycles. The number of methoxy groups -OCH3 is 1. The quantitative estimate of drug-likeness (QED) is 0.711. The Kier molecular flexibility index (Phi) is 6.41. The zero-order chi connectivity index (χ0) is 15.0. The number of carbonyl (C=O) groups is 1. The molecule has 1 rings (SSSR count). The van der Waals surface area contributed by atoms with E-state index < -0.39 is 5.60 Å². The Bertz CT molecular complexity index is 482. The van der Waals surface area contributed by atoms with E-state index in [-0.39, 0.29) is 24.4 Å². The summed E-state index contributed by atoms with van der Waals surface area (Å²) in [6.07, 6.45) is 2.29. The first-order valence-electron chi connectivity index (χ1n) is 6.58. The van der Waals surface area contributed by atoms with Gasteiger partial charge in [-0.1, -0.05) is 6.07 Å². The molecule has 0 bridgehead atoms. The molecule has 6 nitrogen and oxygen atoms in total. The van der Waals surface area contributed by atoms with E-state index in [1.807, 2.05) is 0 Å². The van der Waals surface area contributed by atoms with Crippen LogP contribution in [-0.4, -0.2) is 41.4 Å². The highest BCUT2D eigenvalue weighted by atomic mass is 16.5. The maximum atomic E-state index is 11.7. The summed E-state index contributed by atoms with van der Waals surface area (Å²) in [4.78, 5) is 23.1. The Morgan fingerprint density at radius 2 is 2.25 bits per heavy atom. The van der Waals surface area contributed by atoms with Crippen molar-refractivity contribution in [3.8, 4) is 0 Å². The smallest absolute Gasteiger partial charge is 0.250 e. The molecule has 0 saturated carbocycles. The summed E-state index contributed by atoms with van der Waals surface area (Å²) in [5.41, 5.74) is -1.12. The molecule has 0 spiro atoms. The minimum atomic E-state index is -0.991. The highest BCUT2D eigenvalue weighted by molar-refractivity contribution is 5.75. The van der Waals surface area contributed by atoms with Gasteiger partial charge in [0.05, 0.1) is 5.60 Å². The molecular formula is C14H22N2O4. The predicted molar refractivity (Wildman–Crippen MR) is 75.4 cm³/mol. The summed E-state index contributed by atoms with van der Waals surface area (Å²) in [6.45, 7) is 2.57. The number of aromatic nitrogens is 1. The van der Waals surface area contributed by atoms with Crippen LogP contribution in [0.3, 0.4) is 0 Å². The van der Waals surface area contributed by atoms with Gasteiger partial charge in [0.25, 0.3) is 5.56 Å². The van der Waals surface area contributed by atoms with Crippen LogP contribution in [0.2, 0.25) is 0 Å². The van der Waals surface area contributed by atoms with Gasteiger partial charge in [0.15, 0.2) is 0 Å². The van der Waals surface area contributed by atoms with Crippen LogP contribution in [0, 0.1) is 0 Å². The topological polar surface area (TPSA) is 80.6 Å². The van der Waals surface area contributed by atoms with Crippen molar-refractivity contribution >= 4 is 5.91 Å². The lowest BCUT2D eigenvalue weighted by molar-refractivity contribution is -0.122. The number of pyridine rings is 1. The fraction of sp³-hybridized carbons (Fsp3) is 0.571. The Labute approximate surface area is 118 Å². The highest BCUT2D eigenvalue weighted by Gasteiger charge is 2.20. The minimum Gasteiger partial charge on any atom is -0.388 e. The molecule has 1 heterocycles. The second-order valence-corrected chi connectivity index (χ2v) is 5.00. The number of nitrogens with one attached hydrogen (secondary N) is 1. The van der Waals surface area contributed by atoms with Gasteiger partial charge in [-0.3, -0.25) is 9.59 Å². The molecule has 112 valence electrons. The van der Waals surface area contributed by atoms with Gasteiger partial charge in [0.2, 0.25) is 5.91 Å². The van der Waals surface area contributed by atoms with Crippen molar-refractivity contribution < 1.29 is 14.6 Å². The lowest BCUT2D eigenvalue weighted by Crippen LogP contribution is -2.41. The largest absolute Gasteiger partial charge is 0.388 e. The molecule has 1 aromatic heterocycles. The fourth-order valence-electron chi connectivity index (χ4n) is 1.66. The summed E-state index contributed by atoms with van der Waals surface area (Å²) < 4.78 is 6.37. The van der Waals surface area contributed by atoms with E-state index in [0.29, 0.717) is 19.6 Å². The van der Waals surface area contributed by atoms with Crippen LogP contribution in [0.4, 0.5) is 0 Å².